The minimum atomic E-state index is -4.32. The Kier molecular flexibility index (Phi) is 12.7. The third kappa shape index (κ3) is 8.37. The topological polar surface area (TPSA) is 105 Å². The average Bonchev–Trinajstić information content (AvgIpc) is 3.01. The van der Waals surface area contributed by atoms with Crippen molar-refractivity contribution in [2.24, 2.45) is 0 Å². The van der Waals surface area contributed by atoms with E-state index in [-0.39, 0.29) is 35.2 Å². The van der Waals surface area contributed by atoms with E-state index < -0.39 is 28.5 Å². The second kappa shape index (κ2) is 16.0. The van der Waals surface area contributed by atoms with E-state index in [4.69, 9.17) is 32.7 Å². The largest absolute Gasteiger partial charge is 0.497 e. The van der Waals surface area contributed by atoms with Gasteiger partial charge < -0.3 is 19.7 Å². The minimum absolute atomic E-state index is 0.0224. The van der Waals surface area contributed by atoms with Crippen molar-refractivity contribution >= 4 is 50.7 Å². The van der Waals surface area contributed by atoms with Crippen LogP contribution < -0.4 is 19.1 Å². The molecule has 0 fully saturated rings. The van der Waals surface area contributed by atoms with Gasteiger partial charge >= 0.3 is 0 Å². The molecule has 0 aliphatic rings. The highest BCUT2D eigenvalue weighted by Gasteiger charge is 2.35. The Balaban J connectivity index is 2.16. The van der Waals surface area contributed by atoms with E-state index in [0.717, 1.165) is 22.7 Å². The van der Waals surface area contributed by atoms with Gasteiger partial charge in [-0.3, -0.25) is 13.9 Å². The van der Waals surface area contributed by atoms with E-state index in [2.05, 4.69) is 5.32 Å². The van der Waals surface area contributed by atoms with Gasteiger partial charge in [0.15, 0.2) is 0 Å². The molecule has 1 N–H and O–H groups in total. The summed E-state index contributed by atoms with van der Waals surface area (Å²) in [5.74, 6) is -0.429. The predicted octanol–water partition coefficient (Wildman–Crippen LogP) is 6.24. The van der Waals surface area contributed by atoms with Crippen molar-refractivity contribution in [3.63, 3.8) is 0 Å². The molecule has 12 heteroatoms. The molecule has 0 radical (unpaired) electrons. The molecule has 0 spiro atoms. The highest BCUT2D eigenvalue weighted by molar-refractivity contribution is 7.92. The van der Waals surface area contributed by atoms with E-state index in [1.54, 1.807) is 49.4 Å². The number of unbranched alkanes of at least 4 members (excludes halogenated alkanes) is 1. The van der Waals surface area contributed by atoms with Crippen molar-refractivity contribution < 1.29 is 27.5 Å². The number of aryl methyl sites for hydroxylation is 1. The van der Waals surface area contributed by atoms with Crippen LogP contribution in [0.3, 0.4) is 0 Å². The van der Waals surface area contributed by atoms with Gasteiger partial charge in [0, 0.05) is 34.8 Å². The zero-order chi connectivity index (χ0) is 32.4. The summed E-state index contributed by atoms with van der Waals surface area (Å²) in [5, 5.41) is 3.53. The maximum absolute atomic E-state index is 14.4. The van der Waals surface area contributed by atoms with Crippen LogP contribution >= 0.6 is 23.2 Å². The molecular formula is C32H39Cl2N3O6S. The van der Waals surface area contributed by atoms with Crippen molar-refractivity contribution in [3.05, 3.63) is 81.8 Å². The highest BCUT2D eigenvalue weighted by atomic mass is 35.5. The maximum atomic E-state index is 14.4. The van der Waals surface area contributed by atoms with Crippen LogP contribution in [0, 0.1) is 6.92 Å². The van der Waals surface area contributed by atoms with E-state index in [0.29, 0.717) is 27.9 Å². The third-order valence-electron chi connectivity index (χ3n) is 7.15. The third-order valence-corrected chi connectivity index (χ3v) is 9.63. The molecular weight excluding hydrogens is 625 g/mol. The van der Waals surface area contributed by atoms with Crippen molar-refractivity contribution in [1.29, 1.82) is 0 Å². The van der Waals surface area contributed by atoms with E-state index >= 15 is 0 Å². The zero-order valence-corrected chi connectivity index (χ0v) is 27.9. The lowest BCUT2D eigenvalue weighted by Gasteiger charge is -2.34. The molecule has 0 heterocycles. The number of benzene rings is 3. The number of nitrogens with one attached hydrogen (secondary N) is 1. The summed E-state index contributed by atoms with van der Waals surface area (Å²) in [4.78, 5) is 29.1. The van der Waals surface area contributed by atoms with Gasteiger partial charge in [-0.05, 0) is 56.2 Å². The molecule has 0 saturated carbocycles. The molecule has 0 saturated heterocycles. The number of carbonyl (C=O) groups is 2. The van der Waals surface area contributed by atoms with E-state index in [9.17, 15) is 18.0 Å². The van der Waals surface area contributed by atoms with Crippen LogP contribution in [0.2, 0.25) is 10.0 Å². The fraction of sp³-hybridized carbons (Fsp3) is 0.375. The molecule has 0 aromatic heterocycles. The Bertz CT molecular complexity index is 1530. The molecule has 0 aliphatic heterocycles. The van der Waals surface area contributed by atoms with Crippen LogP contribution in [0.15, 0.2) is 65.6 Å². The van der Waals surface area contributed by atoms with Crippen molar-refractivity contribution in [1.82, 2.24) is 10.2 Å². The first kappa shape index (κ1) is 35.0. The molecule has 3 rings (SSSR count). The van der Waals surface area contributed by atoms with Crippen LogP contribution in [-0.4, -0.2) is 58.5 Å². The fourth-order valence-electron chi connectivity index (χ4n) is 4.62. The summed E-state index contributed by atoms with van der Waals surface area (Å²) in [5.41, 5.74) is 1.40. The number of hydrogen-bond donors (Lipinski definition) is 1. The number of methoxy groups -OCH3 is 2. The van der Waals surface area contributed by atoms with Gasteiger partial charge in [-0.2, -0.15) is 0 Å². The molecule has 0 bridgehead atoms. The van der Waals surface area contributed by atoms with Crippen molar-refractivity contribution in [2.75, 3.05) is 31.6 Å². The summed E-state index contributed by atoms with van der Waals surface area (Å²) < 4.78 is 40.3. The lowest BCUT2D eigenvalue weighted by atomic mass is 10.1. The Labute approximate surface area is 270 Å². The molecule has 0 aliphatic carbocycles. The maximum Gasteiger partial charge on any atom is 0.264 e. The number of ether oxygens (including phenoxy) is 2. The molecule has 9 nitrogen and oxygen atoms in total. The van der Waals surface area contributed by atoms with Crippen molar-refractivity contribution in [2.45, 2.75) is 57.5 Å². The number of rotatable bonds is 15. The fourth-order valence-corrected chi connectivity index (χ4v) is 6.56. The van der Waals surface area contributed by atoms with Gasteiger partial charge in [0.25, 0.3) is 10.0 Å². The number of halogens is 2. The molecule has 3 aromatic rings. The molecule has 0 unspecified atom stereocenters. The van der Waals surface area contributed by atoms with Crippen molar-refractivity contribution in [3.8, 4) is 11.5 Å². The first-order chi connectivity index (χ1) is 21.0. The Morgan fingerprint density at radius 1 is 0.955 bits per heavy atom. The van der Waals surface area contributed by atoms with Crippen LogP contribution in [0.25, 0.3) is 0 Å². The molecule has 1 atom stereocenters. The van der Waals surface area contributed by atoms with Gasteiger partial charge in [0.05, 0.1) is 24.8 Å². The normalized spacial score (nSPS) is 11.9. The summed E-state index contributed by atoms with van der Waals surface area (Å²) in [7, 11) is -1.46. The summed E-state index contributed by atoms with van der Waals surface area (Å²) in [6, 6.07) is 15.0. The summed E-state index contributed by atoms with van der Waals surface area (Å²) in [6.45, 7) is 5.30. The number of nitrogens with zero attached hydrogens (tertiary/aromatic N) is 2. The predicted molar refractivity (Wildman–Crippen MR) is 174 cm³/mol. The van der Waals surface area contributed by atoms with Gasteiger partial charge in [0.2, 0.25) is 11.8 Å². The molecule has 44 heavy (non-hydrogen) atoms. The highest BCUT2D eigenvalue weighted by Crippen LogP contribution is 2.36. The number of amides is 2. The van der Waals surface area contributed by atoms with Gasteiger partial charge in [-0.1, -0.05) is 67.2 Å². The Hall–Kier alpha value is -3.47. The molecule has 3 aromatic carbocycles. The Morgan fingerprint density at radius 3 is 2.18 bits per heavy atom. The van der Waals surface area contributed by atoms with Gasteiger partial charge in [-0.25, -0.2) is 8.42 Å². The lowest BCUT2D eigenvalue weighted by molar-refractivity contribution is -0.140. The standard InChI is InChI=1S/C32H39Cl2N3O6S/c1-6-8-18-35-32(39)28(7-2)36(20-25-26(33)10-9-11-27(25)34)31(38)21-37(29-19-23(42-4)14-17-30(29)43-5)44(40,41)24-15-12-22(3)13-16-24/h9-17,19,28H,6-8,18,20-21H2,1-5H3,(H,35,39)/t28-/m0/s1. The van der Waals surface area contributed by atoms with Crippen LogP contribution in [0.1, 0.15) is 44.2 Å². The number of sulfonamides is 1. The Morgan fingerprint density at radius 2 is 1.61 bits per heavy atom. The van der Waals surface area contributed by atoms with Gasteiger partial charge in [-0.15, -0.1) is 0 Å². The number of carbonyl (C=O) groups excluding carboxylic acids is 2. The molecule has 238 valence electrons. The lowest BCUT2D eigenvalue weighted by Crippen LogP contribution is -2.52. The second-order valence-corrected chi connectivity index (χ2v) is 12.8. The van der Waals surface area contributed by atoms with E-state index in [1.165, 1.54) is 37.3 Å². The SMILES string of the molecule is CCCCNC(=O)[C@H](CC)N(Cc1c(Cl)cccc1Cl)C(=O)CN(c1cc(OC)ccc1OC)S(=O)(=O)c1ccc(C)cc1. The van der Waals surface area contributed by atoms with Crippen LogP contribution in [-0.2, 0) is 26.2 Å². The smallest absolute Gasteiger partial charge is 0.264 e. The zero-order valence-electron chi connectivity index (χ0n) is 25.6. The number of hydrogen-bond acceptors (Lipinski definition) is 6. The first-order valence-corrected chi connectivity index (χ1v) is 16.5. The van der Waals surface area contributed by atoms with E-state index in [1.807, 2.05) is 13.8 Å². The summed E-state index contributed by atoms with van der Waals surface area (Å²) in [6.07, 6.45) is 1.91. The quantitative estimate of drug-likeness (QED) is 0.193. The first-order valence-electron chi connectivity index (χ1n) is 14.3. The second-order valence-electron chi connectivity index (χ2n) is 10.2. The van der Waals surface area contributed by atoms with Crippen LogP contribution in [0.4, 0.5) is 5.69 Å². The summed E-state index contributed by atoms with van der Waals surface area (Å²) >= 11 is 13.0. The minimum Gasteiger partial charge on any atom is -0.497 e. The van der Waals surface area contributed by atoms with Crippen LogP contribution in [0.5, 0.6) is 11.5 Å². The average molecular weight is 665 g/mol. The monoisotopic (exact) mass is 663 g/mol. The van der Waals surface area contributed by atoms with Gasteiger partial charge in [0.1, 0.15) is 24.1 Å². The number of anilines is 1. The molecule has 2 amide bonds.